The molecule has 4 fully saturated rings. The maximum atomic E-state index is 12.5. The van der Waals surface area contributed by atoms with Gasteiger partial charge in [-0.3, -0.25) is 19.3 Å². The lowest BCUT2D eigenvalue weighted by atomic mass is 9.81. The van der Waals surface area contributed by atoms with E-state index in [-0.39, 0.29) is 60.3 Å². The van der Waals surface area contributed by atoms with Crippen LogP contribution in [0.2, 0.25) is 0 Å². The molecule has 1 saturated carbocycles. The van der Waals surface area contributed by atoms with Crippen molar-refractivity contribution in [1.29, 1.82) is 0 Å². The molecule has 4 atom stereocenters. The second-order valence-electron chi connectivity index (χ2n) is 7.66. The molecule has 3 aliphatic heterocycles. The number of nitrogens with zero attached hydrogens (tertiary/aromatic N) is 1. The van der Waals surface area contributed by atoms with Crippen LogP contribution >= 0.6 is 0 Å². The van der Waals surface area contributed by atoms with E-state index in [1.165, 1.54) is 4.90 Å². The predicted octanol–water partition coefficient (Wildman–Crippen LogP) is -0.0734. The van der Waals surface area contributed by atoms with Crippen LogP contribution in [0.25, 0.3) is 0 Å². The molecule has 4 rings (SSSR count). The minimum absolute atomic E-state index is 0.103. The van der Waals surface area contributed by atoms with Crippen LogP contribution in [0.3, 0.4) is 0 Å². The Bertz CT molecular complexity index is 544. The largest absolute Gasteiger partial charge is 0.373 e. The Hall–Kier alpha value is -1.47. The quantitative estimate of drug-likeness (QED) is 0.685. The fourth-order valence-electron chi connectivity index (χ4n) is 5.00. The topological polar surface area (TPSA) is 102 Å². The van der Waals surface area contributed by atoms with Crippen molar-refractivity contribution in [3.63, 3.8) is 0 Å². The number of hydrogen-bond acceptors (Lipinski definition) is 5. The first-order valence-corrected chi connectivity index (χ1v) is 9.06. The summed E-state index contributed by atoms with van der Waals surface area (Å²) >= 11 is 0. The third-order valence-electron chi connectivity index (χ3n) is 6.29. The third kappa shape index (κ3) is 2.37. The summed E-state index contributed by atoms with van der Waals surface area (Å²) in [4.78, 5) is 38.6. The molecule has 4 aliphatic rings. The average molecular weight is 335 g/mol. The van der Waals surface area contributed by atoms with Gasteiger partial charge in [0, 0.05) is 19.5 Å². The lowest BCUT2D eigenvalue weighted by molar-refractivity contribution is -0.142. The highest BCUT2D eigenvalue weighted by molar-refractivity contribution is 6.06. The van der Waals surface area contributed by atoms with Crippen molar-refractivity contribution >= 4 is 17.7 Å². The number of carbonyl (C=O) groups excluding carboxylic acids is 3. The summed E-state index contributed by atoms with van der Waals surface area (Å²) in [5.74, 6) is -1.06. The monoisotopic (exact) mass is 335 g/mol. The highest BCUT2D eigenvalue weighted by atomic mass is 16.5. The van der Waals surface area contributed by atoms with Gasteiger partial charge in [-0.25, -0.2) is 0 Å². The van der Waals surface area contributed by atoms with Crippen LogP contribution < -0.4 is 11.1 Å². The van der Waals surface area contributed by atoms with E-state index in [2.05, 4.69) is 5.32 Å². The fourth-order valence-corrected chi connectivity index (χ4v) is 5.00. The molecule has 3 amide bonds. The average Bonchev–Trinajstić information content (AvgIpc) is 3.32. The van der Waals surface area contributed by atoms with E-state index >= 15 is 0 Å². The molecule has 3 saturated heterocycles. The number of ether oxygens (including phenoxy) is 1. The van der Waals surface area contributed by atoms with Gasteiger partial charge in [0.25, 0.3) is 0 Å². The van der Waals surface area contributed by atoms with Crippen molar-refractivity contribution in [3.8, 4) is 0 Å². The smallest absolute Gasteiger partial charge is 0.235 e. The van der Waals surface area contributed by atoms with Gasteiger partial charge in [-0.2, -0.15) is 0 Å². The molecule has 4 unspecified atom stereocenters. The summed E-state index contributed by atoms with van der Waals surface area (Å²) in [5.41, 5.74) is 5.54. The van der Waals surface area contributed by atoms with Crippen LogP contribution in [0.15, 0.2) is 0 Å². The first kappa shape index (κ1) is 16.0. The Morgan fingerprint density at radius 3 is 2.29 bits per heavy atom. The van der Waals surface area contributed by atoms with Crippen LogP contribution in [-0.4, -0.2) is 53.5 Å². The summed E-state index contributed by atoms with van der Waals surface area (Å²) in [6.07, 6.45) is 5.62. The van der Waals surface area contributed by atoms with Crippen LogP contribution in [0.4, 0.5) is 0 Å². The second-order valence-corrected chi connectivity index (χ2v) is 7.66. The maximum absolute atomic E-state index is 12.5. The SMILES string of the molecule is NCC1(NC(=O)CCN2C(=O)C3C4CCC(O4)C3C2=O)CCCC1. The molecular weight excluding hydrogens is 310 g/mol. The van der Waals surface area contributed by atoms with Gasteiger partial charge in [-0.05, 0) is 25.7 Å². The summed E-state index contributed by atoms with van der Waals surface area (Å²) in [7, 11) is 0. The van der Waals surface area contributed by atoms with Crippen molar-refractivity contribution in [3.05, 3.63) is 0 Å². The molecule has 0 spiro atoms. The first-order chi connectivity index (χ1) is 11.5. The van der Waals surface area contributed by atoms with Crippen molar-refractivity contribution in [2.45, 2.75) is 62.7 Å². The van der Waals surface area contributed by atoms with Gasteiger partial charge in [0.1, 0.15) is 0 Å². The molecule has 7 nitrogen and oxygen atoms in total. The van der Waals surface area contributed by atoms with Crippen molar-refractivity contribution in [1.82, 2.24) is 10.2 Å². The highest BCUT2D eigenvalue weighted by Crippen LogP contribution is 2.48. The van der Waals surface area contributed by atoms with Gasteiger partial charge in [-0.1, -0.05) is 12.8 Å². The van der Waals surface area contributed by atoms with Crippen LogP contribution in [0.1, 0.15) is 44.9 Å². The number of nitrogens with one attached hydrogen (secondary N) is 1. The number of nitrogens with two attached hydrogens (primary N) is 1. The van der Waals surface area contributed by atoms with Gasteiger partial charge >= 0.3 is 0 Å². The zero-order valence-electron chi connectivity index (χ0n) is 13.8. The number of hydrogen-bond donors (Lipinski definition) is 2. The third-order valence-corrected chi connectivity index (χ3v) is 6.29. The lowest BCUT2D eigenvalue weighted by Crippen LogP contribution is -2.52. The molecule has 2 bridgehead atoms. The number of rotatable bonds is 5. The number of imide groups is 1. The maximum Gasteiger partial charge on any atom is 0.235 e. The van der Waals surface area contributed by atoms with Crippen molar-refractivity contribution in [2.75, 3.05) is 13.1 Å². The van der Waals surface area contributed by atoms with Gasteiger partial charge < -0.3 is 15.8 Å². The number of carbonyl (C=O) groups is 3. The number of amides is 3. The number of likely N-dealkylation sites (tertiary alicyclic amines) is 1. The molecule has 7 heteroatoms. The summed E-state index contributed by atoms with van der Waals surface area (Å²) in [6, 6.07) is 0. The van der Waals surface area contributed by atoms with Gasteiger partial charge in [0.15, 0.2) is 0 Å². The summed E-state index contributed by atoms with van der Waals surface area (Å²) in [5, 5.41) is 3.04. The standard InChI is InChI=1S/C17H25N3O4/c18-9-17(6-1-2-7-17)19-12(21)5-8-20-15(22)13-10-3-4-11(24-10)14(13)16(20)23/h10-11,13-14H,1-9,18H2,(H,19,21). The van der Waals surface area contributed by atoms with Gasteiger partial charge in [0.05, 0.1) is 29.6 Å². The van der Waals surface area contributed by atoms with E-state index in [4.69, 9.17) is 10.5 Å². The molecule has 0 radical (unpaired) electrons. The normalized spacial score (nSPS) is 36.5. The molecule has 3 N–H and O–H groups in total. The van der Waals surface area contributed by atoms with Gasteiger partial charge in [-0.15, -0.1) is 0 Å². The van der Waals surface area contributed by atoms with Crippen LogP contribution in [0, 0.1) is 11.8 Å². The Morgan fingerprint density at radius 2 is 1.75 bits per heavy atom. The van der Waals surface area contributed by atoms with E-state index in [9.17, 15) is 14.4 Å². The Morgan fingerprint density at radius 1 is 1.17 bits per heavy atom. The summed E-state index contributed by atoms with van der Waals surface area (Å²) < 4.78 is 5.71. The van der Waals surface area contributed by atoms with E-state index in [1.807, 2.05) is 0 Å². The van der Waals surface area contributed by atoms with E-state index < -0.39 is 0 Å². The van der Waals surface area contributed by atoms with E-state index in [0.29, 0.717) is 6.54 Å². The number of fused-ring (bicyclic) bond motifs is 5. The molecule has 132 valence electrons. The lowest BCUT2D eigenvalue weighted by Gasteiger charge is -2.29. The van der Waals surface area contributed by atoms with Crippen molar-refractivity contribution < 1.29 is 19.1 Å². The molecule has 24 heavy (non-hydrogen) atoms. The van der Waals surface area contributed by atoms with Gasteiger partial charge in [0.2, 0.25) is 17.7 Å². The Balaban J connectivity index is 1.35. The zero-order chi connectivity index (χ0) is 16.9. The molecular formula is C17H25N3O4. The van der Waals surface area contributed by atoms with E-state index in [0.717, 1.165) is 38.5 Å². The fraction of sp³-hybridized carbons (Fsp3) is 0.824. The van der Waals surface area contributed by atoms with E-state index in [1.54, 1.807) is 0 Å². The van der Waals surface area contributed by atoms with Crippen LogP contribution in [-0.2, 0) is 19.1 Å². The minimum atomic E-state index is -0.315. The molecule has 3 heterocycles. The van der Waals surface area contributed by atoms with Crippen LogP contribution in [0.5, 0.6) is 0 Å². The highest BCUT2D eigenvalue weighted by Gasteiger charge is 2.62. The minimum Gasteiger partial charge on any atom is -0.373 e. The molecule has 0 aromatic carbocycles. The molecule has 0 aromatic heterocycles. The Kier molecular flexibility index (Phi) is 3.88. The molecule has 0 aromatic rings. The molecule has 1 aliphatic carbocycles. The predicted molar refractivity (Wildman–Crippen MR) is 84.6 cm³/mol. The Labute approximate surface area is 141 Å². The second kappa shape index (κ2) is 5.81. The van der Waals surface area contributed by atoms with Crippen molar-refractivity contribution in [2.24, 2.45) is 17.6 Å². The summed E-state index contributed by atoms with van der Waals surface area (Å²) in [6.45, 7) is 0.599. The zero-order valence-corrected chi connectivity index (χ0v) is 13.8. The first-order valence-electron chi connectivity index (χ1n) is 9.06.